The Balaban J connectivity index is 1.48. The van der Waals surface area contributed by atoms with Gasteiger partial charge in [-0.05, 0) is 56.9 Å². The quantitative estimate of drug-likeness (QED) is 0.836. The first-order valence-electron chi connectivity index (χ1n) is 8.14. The predicted molar refractivity (Wildman–Crippen MR) is 83.2 cm³/mol. The Morgan fingerprint density at radius 2 is 1.86 bits per heavy atom. The van der Waals surface area contributed by atoms with Gasteiger partial charge in [-0.1, -0.05) is 0 Å². The average molecular weight is 292 g/mol. The molecule has 0 radical (unpaired) electrons. The van der Waals surface area contributed by atoms with E-state index in [-0.39, 0.29) is 5.82 Å². The molecule has 2 atom stereocenters. The number of hydrogen-bond acceptors (Lipinski definition) is 3. The molecule has 1 aliphatic heterocycles. The van der Waals surface area contributed by atoms with E-state index in [1.807, 2.05) is 12.1 Å². The second-order valence-corrected chi connectivity index (χ2v) is 6.16. The highest BCUT2D eigenvalue weighted by Crippen LogP contribution is 2.24. The Morgan fingerprint density at radius 1 is 1.14 bits per heavy atom. The first-order valence-corrected chi connectivity index (χ1v) is 8.14. The number of benzene rings is 1. The van der Waals surface area contributed by atoms with E-state index in [1.165, 1.54) is 25.0 Å². The lowest BCUT2D eigenvalue weighted by Gasteiger charge is -2.26. The lowest BCUT2D eigenvalue weighted by molar-refractivity contribution is 0.0493. The van der Waals surface area contributed by atoms with E-state index in [2.05, 4.69) is 17.1 Å². The molecule has 21 heavy (non-hydrogen) atoms. The van der Waals surface area contributed by atoms with Crippen molar-refractivity contribution < 1.29 is 9.13 Å². The minimum atomic E-state index is -0.182. The Labute approximate surface area is 126 Å². The van der Waals surface area contributed by atoms with Crippen LogP contribution < -0.4 is 10.2 Å². The van der Waals surface area contributed by atoms with Crippen molar-refractivity contribution in [1.82, 2.24) is 5.32 Å². The highest BCUT2D eigenvalue weighted by atomic mass is 19.1. The molecule has 0 amide bonds. The zero-order valence-corrected chi connectivity index (χ0v) is 12.7. The number of halogens is 1. The SMILES string of the molecule is CCN(CC1CCC(CNC2CC2)O1)c1ccc(F)cc1. The van der Waals surface area contributed by atoms with Crippen LogP contribution in [0.4, 0.5) is 10.1 Å². The zero-order chi connectivity index (χ0) is 14.7. The van der Waals surface area contributed by atoms with Crippen LogP contribution in [0.15, 0.2) is 24.3 Å². The summed E-state index contributed by atoms with van der Waals surface area (Å²) in [5.74, 6) is -0.182. The molecule has 2 unspecified atom stereocenters. The standard InChI is InChI=1S/C17H25FN2O/c1-2-20(15-7-3-13(18)4-8-15)12-17-10-9-16(21-17)11-19-14-5-6-14/h3-4,7-8,14,16-17,19H,2,5-6,9-12H2,1H3. The maximum absolute atomic E-state index is 13.0. The Hall–Kier alpha value is -1.13. The van der Waals surface area contributed by atoms with Gasteiger partial charge >= 0.3 is 0 Å². The molecular weight excluding hydrogens is 267 g/mol. The molecule has 1 heterocycles. The molecule has 2 fully saturated rings. The van der Waals surface area contributed by atoms with Crippen LogP contribution in [0.3, 0.4) is 0 Å². The summed E-state index contributed by atoms with van der Waals surface area (Å²) in [5, 5.41) is 3.54. The van der Waals surface area contributed by atoms with E-state index in [0.29, 0.717) is 12.2 Å². The summed E-state index contributed by atoms with van der Waals surface area (Å²) in [7, 11) is 0. The summed E-state index contributed by atoms with van der Waals surface area (Å²) in [6.07, 6.45) is 5.57. The summed E-state index contributed by atoms with van der Waals surface area (Å²) in [6.45, 7) is 4.92. The Morgan fingerprint density at radius 3 is 2.52 bits per heavy atom. The van der Waals surface area contributed by atoms with Crippen LogP contribution in [0.5, 0.6) is 0 Å². The van der Waals surface area contributed by atoms with Gasteiger partial charge in [0.05, 0.1) is 12.2 Å². The van der Waals surface area contributed by atoms with Crippen LogP contribution >= 0.6 is 0 Å². The summed E-state index contributed by atoms with van der Waals surface area (Å²) in [4.78, 5) is 2.26. The lowest BCUT2D eigenvalue weighted by atomic mass is 10.1. The number of nitrogens with zero attached hydrogens (tertiary/aromatic N) is 1. The fraction of sp³-hybridized carbons (Fsp3) is 0.647. The number of likely N-dealkylation sites (N-methyl/N-ethyl adjacent to an activating group) is 1. The van der Waals surface area contributed by atoms with Crippen LogP contribution in [0.2, 0.25) is 0 Å². The van der Waals surface area contributed by atoms with Crippen LogP contribution in [0.25, 0.3) is 0 Å². The van der Waals surface area contributed by atoms with Crippen LogP contribution in [-0.2, 0) is 4.74 Å². The molecule has 3 nitrogen and oxygen atoms in total. The fourth-order valence-electron chi connectivity index (χ4n) is 2.96. The molecule has 116 valence electrons. The van der Waals surface area contributed by atoms with Gasteiger partial charge < -0.3 is 15.0 Å². The molecule has 1 saturated carbocycles. The van der Waals surface area contributed by atoms with E-state index in [9.17, 15) is 4.39 Å². The molecule has 2 aliphatic rings. The van der Waals surface area contributed by atoms with E-state index >= 15 is 0 Å². The minimum absolute atomic E-state index is 0.182. The van der Waals surface area contributed by atoms with Crippen LogP contribution in [-0.4, -0.2) is 37.9 Å². The van der Waals surface area contributed by atoms with E-state index in [4.69, 9.17) is 4.74 Å². The monoisotopic (exact) mass is 292 g/mol. The second-order valence-electron chi connectivity index (χ2n) is 6.16. The zero-order valence-electron chi connectivity index (χ0n) is 12.7. The summed E-state index contributed by atoms with van der Waals surface area (Å²) in [6, 6.07) is 7.49. The van der Waals surface area contributed by atoms with Crippen molar-refractivity contribution in [1.29, 1.82) is 0 Å². The Kier molecular flexibility index (Phi) is 4.76. The third-order valence-corrected chi connectivity index (χ3v) is 4.40. The summed E-state index contributed by atoms with van der Waals surface area (Å²) >= 11 is 0. The number of anilines is 1. The molecule has 1 N–H and O–H groups in total. The van der Waals surface area contributed by atoms with E-state index in [0.717, 1.165) is 44.2 Å². The number of hydrogen-bond donors (Lipinski definition) is 1. The van der Waals surface area contributed by atoms with Gasteiger partial charge in [0, 0.05) is 31.4 Å². The van der Waals surface area contributed by atoms with Gasteiger partial charge in [0.2, 0.25) is 0 Å². The molecule has 0 aromatic heterocycles. The van der Waals surface area contributed by atoms with Gasteiger partial charge in [0.1, 0.15) is 5.82 Å². The van der Waals surface area contributed by atoms with Crippen molar-refractivity contribution >= 4 is 5.69 Å². The molecule has 1 saturated heterocycles. The maximum Gasteiger partial charge on any atom is 0.123 e. The Bertz CT molecular complexity index is 447. The topological polar surface area (TPSA) is 24.5 Å². The lowest BCUT2D eigenvalue weighted by Crippen LogP contribution is -2.34. The third-order valence-electron chi connectivity index (χ3n) is 4.40. The highest BCUT2D eigenvalue weighted by molar-refractivity contribution is 5.46. The normalized spacial score (nSPS) is 25.2. The second kappa shape index (κ2) is 6.75. The largest absolute Gasteiger partial charge is 0.372 e. The van der Waals surface area contributed by atoms with E-state index in [1.54, 1.807) is 0 Å². The molecule has 1 aromatic rings. The summed E-state index contributed by atoms with van der Waals surface area (Å²) in [5.41, 5.74) is 1.07. The smallest absolute Gasteiger partial charge is 0.123 e. The highest BCUT2D eigenvalue weighted by Gasteiger charge is 2.28. The van der Waals surface area contributed by atoms with Crippen LogP contribution in [0, 0.1) is 5.82 Å². The van der Waals surface area contributed by atoms with Crippen molar-refractivity contribution in [2.75, 3.05) is 24.5 Å². The van der Waals surface area contributed by atoms with Crippen molar-refractivity contribution in [2.24, 2.45) is 0 Å². The molecule has 4 heteroatoms. The van der Waals surface area contributed by atoms with Gasteiger partial charge in [-0.2, -0.15) is 0 Å². The van der Waals surface area contributed by atoms with Crippen LogP contribution in [0.1, 0.15) is 32.6 Å². The number of rotatable bonds is 7. The predicted octanol–water partition coefficient (Wildman–Crippen LogP) is 2.95. The fourth-order valence-corrected chi connectivity index (χ4v) is 2.96. The van der Waals surface area contributed by atoms with E-state index < -0.39 is 0 Å². The first kappa shape index (κ1) is 14.8. The molecular formula is C17H25FN2O. The minimum Gasteiger partial charge on any atom is -0.372 e. The van der Waals surface area contributed by atoms with Crippen molar-refractivity contribution in [3.63, 3.8) is 0 Å². The van der Waals surface area contributed by atoms with Gasteiger partial charge in [-0.3, -0.25) is 0 Å². The van der Waals surface area contributed by atoms with Crippen molar-refractivity contribution in [3.8, 4) is 0 Å². The molecule has 0 bridgehead atoms. The van der Waals surface area contributed by atoms with Gasteiger partial charge in [-0.15, -0.1) is 0 Å². The molecule has 1 aliphatic carbocycles. The third kappa shape index (κ3) is 4.17. The van der Waals surface area contributed by atoms with Crippen molar-refractivity contribution in [2.45, 2.75) is 50.9 Å². The number of ether oxygens (including phenoxy) is 1. The molecule has 0 spiro atoms. The maximum atomic E-state index is 13.0. The average Bonchev–Trinajstić information content (AvgIpc) is 3.23. The number of nitrogens with one attached hydrogen (secondary N) is 1. The summed E-state index contributed by atoms with van der Waals surface area (Å²) < 4.78 is 19.2. The van der Waals surface area contributed by atoms with Crippen molar-refractivity contribution in [3.05, 3.63) is 30.1 Å². The molecule has 3 rings (SSSR count). The first-order chi connectivity index (χ1) is 10.2. The molecule has 1 aromatic carbocycles. The van der Waals surface area contributed by atoms with Gasteiger partial charge in [0.15, 0.2) is 0 Å². The van der Waals surface area contributed by atoms with Gasteiger partial charge in [0.25, 0.3) is 0 Å². The van der Waals surface area contributed by atoms with Gasteiger partial charge in [-0.25, -0.2) is 4.39 Å².